The Bertz CT molecular complexity index is 716. The molecule has 1 aromatic carbocycles. The lowest BCUT2D eigenvalue weighted by Gasteiger charge is -2.15. The van der Waals surface area contributed by atoms with Crippen molar-refractivity contribution in [1.82, 2.24) is 15.7 Å². The van der Waals surface area contributed by atoms with E-state index in [1.807, 2.05) is 36.4 Å². The molecule has 0 bridgehead atoms. The molecule has 3 rings (SSSR count). The van der Waals surface area contributed by atoms with Gasteiger partial charge in [-0.05, 0) is 11.6 Å². The SMILES string of the molecule is O=C1NC[C@@H](c2ccccc2)[C@H]1C(=O)NN=Cc1cccnc1. The van der Waals surface area contributed by atoms with E-state index in [1.54, 1.807) is 18.5 Å². The first-order valence-corrected chi connectivity index (χ1v) is 7.31. The van der Waals surface area contributed by atoms with Gasteiger partial charge in [0.05, 0.1) is 6.21 Å². The van der Waals surface area contributed by atoms with Crippen molar-refractivity contribution in [2.45, 2.75) is 5.92 Å². The number of benzene rings is 1. The molecule has 1 fully saturated rings. The van der Waals surface area contributed by atoms with E-state index < -0.39 is 11.8 Å². The predicted molar refractivity (Wildman–Crippen MR) is 85.7 cm³/mol. The highest BCUT2D eigenvalue weighted by Crippen LogP contribution is 2.28. The standard InChI is InChI=1S/C17H16N4O2/c22-16-15(14(11-19-16)13-6-2-1-3-7-13)17(23)21-20-10-12-5-4-8-18-9-12/h1-10,14-15H,11H2,(H,19,22)(H,21,23)/t14-,15+/m0/s1. The van der Waals surface area contributed by atoms with Crippen LogP contribution in [0.1, 0.15) is 17.0 Å². The van der Waals surface area contributed by atoms with Crippen LogP contribution >= 0.6 is 0 Å². The fourth-order valence-corrected chi connectivity index (χ4v) is 2.63. The molecule has 2 atom stereocenters. The largest absolute Gasteiger partial charge is 0.355 e. The van der Waals surface area contributed by atoms with Crippen LogP contribution in [0, 0.1) is 5.92 Å². The fourth-order valence-electron chi connectivity index (χ4n) is 2.63. The lowest BCUT2D eigenvalue weighted by Crippen LogP contribution is -2.34. The maximum Gasteiger partial charge on any atom is 0.253 e. The summed E-state index contributed by atoms with van der Waals surface area (Å²) in [5, 5.41) is 6.65. The lowest BCUT2D eigenvalue weighted by molar-refractivity contribution is -0.133. The predicted octanol–water partition coefficient (Wildman–Crippen LogP) is 1.06. The van der Waals surface area contributed by atoms with E-state index in [1.165, 1.54) is 6.21 Å². The Balaban J connectivity index is 1.70. The van der Waals surface area contributed by atoms with Crippen LogP contribution in [0.4, 0.5) is 0 Å². The second kappa shape index (κ2) is 6.83. The van der Waals surface area contributed by atoms with E-state index in [9.17, 15) is 9.59 Å². The number of aromatic nitrogens is 1. The molecule has 0 aliphatic carbocycles. The van der Waals surface area contributed by atoms with Crippen molar-refractivity contribution in [2.24, 2.45) is 11.0 Å². The number of carbonyl (C=O) groups excluding carboxylic acids is 2. The van der Waals surface area contributed by atoms with Gasteiger partial charge in [0.25, 0.3) is 5.91 Å². The monoisotopic (exact) mass is 308 g/mol. The molecule has 1 aliphatic heterocycles. The summed E-state index contributed by atoms with van der Waals surface area (Å²) in [6.07, 6.45) is 4.78. The second-order valence-corrected chi connectivity index (χ2v) is 5.26. The molecule has 2 aromatic rings. The molecule has 23 heavy (non-hydrogen) atoms. The first kappa shape index (κ1) is 14.9. The molecular weight excluding hydrogens is 292 g/mol. The summed E-state index contributed by atoms with van der Waals surface area (Å²) in [5.74, 6) is -1.64. The molecule has 6 nitrogen and oxygen atoms in total. The third kappa shape index (κ3) is 3.42. The fraction of sp³-hybridized carbons (Fsp3) is 0.176. The summed E-state index contributed by atoms with van der Waals surface area (Å²) < 4.78 is 0. The molecular formula is C17H16N4O2. The van der Waals surface area contributed by atoms with Crippen LogP contribution in [0.3, 0.4) is 0 Å². The summed E-state index contributed by atoms with van der Waals surface area (Å²) >= 11 is 0. The molecule has 0 radical (unpaired) electrons. The Hall–Kier alpha value is -3.02. The number of amides is 2. The normalized spacial score (nSPS) is 20.4. The minimum atomic E-state index is -0.775. The van der Waals surface area contributed by atoms with Gasteiger partial charge in [-0.3, -0.25) is 14.6 Å². The topological polar surface area (TPSA) is 83.5 Å². The summed E-state index contributed by atoms with van der Waals surface area (Å²) in [6.45, 7) is 0.452. The number of pyridine rings is 1. The summed E-state index contributed by atoms with van der Waals surface area (Å²) in [4.78, 5) is 28.3. The van der Waals surface area contributed by atoms with Gasteiger partial charge in [0, 0.05) is 30.4 Å². The summed E-state index contributed by atoms with van der Waals surface area (Å²) in [7, 11) is 0. The number of hydrazone groups is 1. The maximum absolute atomic E-state index is 12.3. The van der Waals surface area contributed by atoms with E-state index in [0.717, 1.165) is 11.1 Å². The second-order valence-electron chi connectivity index (χ2n) is 5.26. The zero-order valence-electron chi connectivity index (χ0n) is 12.3. The lowest BCUT2D eigenvalue weighted by atomic mass is 9.88. The van der Waals surface area contributed by atoms with E-state index in [4.69, 9.17) is 0 Å². The minimum absolute atomic E-state index is 0.183. The molecule has 1 saturated heterocycles. The first-order valence-electron chi connectivity index (χ1n) is 7.31. The van der Waals surface area contributed by atoms with Crippen molar-refractivity contribution in [2.75, 3.05) is 6.54 Å². The molecule has 2 amide bonds. The Morgan fingerprint density at radius 1 is 1.26 bits per heavy atom. The van der Waals surface area contributed by atoms with Gasteiger partial charge in [-0.25, -0.2) is 5.43 Å². The number of rotatable bonds is 4. The number of nitrogens with one attached hydrogen (secondary N) is 2. The highest BCUT2D eigenvalue weighted by molar-refractivity contribution is 6.03. The van der Waals surface area contributed by atoms with E-state index in [0.29, 0.717) is 6.54 Å². The molecule has 116 valence electrons. The maximum atomic E-state index is 12.3. The third-order valence-electron chi connectivity index (χ3n) is 3.76. The van der Waals surface area contributed by atoms with Crippen molar-refractivity contribution >= 4 is 18.0 Å². The quantitative estimate of drug-likeness (QED) is 0.503. The average molecular weight is 308 g/mol. The van der Waals surface area contributed by atoms with Crippen LogP contribution in [0.15, 0.2) is 60.0 Å². The Labute approximate surface area is 133 Å². The number of carbonyl (C=O) groups is 2. The third-order valence-corrected chi connectivity index (χ3v) is 3.76. The molecule has 1 aliphatic rings. The van der Waals surface area contributed by atoms with E-state index in [-0.39, 0.29) is 11.8 Å². The van der Waals surface area contributed by atoms with Crippen molar-refractivity contribution in [3.63, 3.8) is 0 Å². The van der Waals surface area contributed by atoms with Gasteiger partial charge < -0.3 is 5.32 Å². The van der Waals surface area contributed by atoms with Gasteiger partial charge in [-0.1, -0.05) is 36.4 Å². The van der Waals surface area contributed by atoms with Crippen LogP contribution in [0.25, 0.3) is 0 Å². The summed E-state index contributed by atoms with van der Waals surface area (Å²) in [5.41, 5.74) is 4.17. The zero-order chi connectivity index (χ0) is 16.1. The van der Waals surface area contributed by atoms with E-state index >= 15 is 0 Å². The van der Waals surface area contributed by atoms with Gasteiger partial charge in [0.2, 0.25) is 5.91 Å². The van der Waals surface area contributed by atoms with Gasteiger partial charge in [-0.15, -0.1) is 0 Å². The molecule has 0 unspecified atom stereocenters. The van der Waals surface area contributed by atoms with Gasteiger partial charge >= 0.3 is 0 Å². The van der Waals surface area contributed by atoms with Gasteiger partial charge in [0.15, 0.2) is 0 Å². The molecule has 0 spiro atoms. The molecule has 6 heteroatoms. The average Bonchev–Trinajstić information content (AvgIpc) is 2.98. The smallest absolute Gasteiger partial charge is 0.253 e. The van der Waals surface area contributed by atoms with Crippen molar-refractivity contribution < 1.29 is 9.59 Å². The molecule has 2 N–H and O–H groups in total. The van der Waals surface area contributed by atoms with Crippen LogP contribution in [0.2, 0.25) is 0 Å². The molecule has 0 saturated carbocycles. The molecule has 2 heterocycles. The molecule has 1 aromatic heterocycles. The van der Waals surface area contributed by atoms with Crippen LogP contribution < -0.4 is 10.7 Å². The number of hydrogen-bond acceptors (Lipinski definition) is 4. The highest BCUT2D eigenvalue weighted by atomic mass is 16.2. The van der Waals surface area contributed by atoms with Crippen molar-refractivity contribution in [3.05, 3.63) is 66.0 Å². The Kier molecular flexibility index (Phi) is 4.42. The Morgan fingerprint density at radius 3 is 2.83 bits per heavy atom. The van der Waals surface area contributed by atoms with Crippen LogP contribution in [0.5, 0.6) is 0 Å². The van der Waals surface area contributed by atoms with Gasteiger partial charge in [-0.2, -0.15) is 5.10 Å². The Morgan fingerprint density at radius 2 is 2.09 bits per heavy atom. The van der Waals surface area contributed by atoms with Crippen LogP contribution in [-0.4, -0.2) is 29.6 Å². The summed E-state index contributed by atoms with van der Waals surface area (Å²) in [6, 6.07) is 13.1. The van der Waals surface area contributed by atoms with Crippen molar-refractivity contribution in [3.8, 4) is 0 Å². The zero-order valence-corrected chi connectivity index (χ0v) is 12.3. The van der Waals surface area contributed by atoms with Crippen molar-refractivity contribution in [1.29, 1.82) is 0 Å². The number of hydrogen-bond donors (Lipinski definition) is 2. The highest BCUT2D eigenvalue weighted by Gasteiger charge is 2.40. The number of nitrogens with zero attached hydrogens (tertiary/aromatic N) is 2. The van der Waals surface area contributed by atoms with E-state index in [2.05, 4.69) is 20.8 Å². The first-order chi connectivity index (χ1) is 11.3. The minimum Gasteiger partial charge on any atom is -0.355 e. The van der Waals surface area contributed by atoms with Gasteiger partial charge in [0.1, 0.15) is 5.92 Å². The van der Waals surface area contributed by atoms with Crippen LogP contribution in [-0.2, 0) is 9.59 Å².